The molecule has 0 aliphatic heterocycles. The summed E-state index contributed by atoms with van der Waals surface area (Å²) < 4.78 is 11.9. The van der Waals surface area contributed by atoms with E-state index in [9.17, 15) is 5.11 Å². The highest BCUT2D eigenvalue weighted by atomic mass is 127. The third-order valence-corrected chi connectivity index (χ3v) is 4.97. The predicted molar refractivity (Wildman–Crippen MR) is 101 cm³/mol. The minimum Gasteiger partial charge on any atom is -0.479 e. The summed E-state index contributed by atoms with van der Waals surface area (Å²) in [6, 6.07) is 6.06. The number of hydrogen-bond acceptors (Lipinski definition) is 6. The van der Waals surface area contributed by atoms with Gasteiger partial charge in [0.1, 0.15) is 5.82 Å². The molecule has 1 aliphatic rings. The molecular formula is C17H22IN3O3. The van der Waals surface area contributed by atoms with E-state index < -0.39 is 0 Å². The molecule has 7 heteroatoms. The van der Waals surface area contributed by atoms with Crippen molar-refractivity contribution in [2.45, 2.75) is 37.8 Å². The van der Waals surface area contributed by atoms with Gasteiger partial charge in [-0.05, 0) is 66.5 Å². The van der Waals surface area contributed by atoms with Crippen LogP contribution in [0.5, 0.6) is 6.01 Å². The maximum atomic E-state index is 9.78. The number of ether oxygens (including phenoxy) is 2. The molecule has 0 bridgehead atoms. The van der Waals surface area contributed by atoms with Crippen molar-refractivity contribution in [1.82, 2.24) is 9.97 Å². The molecule has 1 aromatic heterocycles. The van der Waals surface area contributed by atoms with Gasteiger partial charge in [0.15, 0.2) is 0 Å². The first-order chi connectivity index (χ1) is 11.7. The van der Waals surface area contributed by atoms with Gasteiger partial charge in [-0.15, -0.1) is 0 Å². The van der Waals surface area contributed by atoms with Crippen LogP contribution in [0.4, 0.5) is 5.82 Å². The third kappa shape index (κ3) is 4.46. The molecule has 0 saturated heterocycles. The lowest BCUT2D eigenvalue weighted by Crippen LogP contribution is -2.30. The topological polar surface area (TPSA) is 76.5 Å². The molecule has 1 aliphatic carbocycles. The highest BCUT2D eigenvalue weighted by Gasteiger charge is 2.22. The molecule has 1 aromatic carbocycles. The number of halogens is 1. The summed E-state index contributed by atoms with van der Waals surface area (Å²) in [6.45, 7) is 1.30. The van der Waals surface area contributed by atoms with Gasteiger partial charge in [-0.3, -0.25) is 0 Å². The van der Waals surface area contributed by atoms with Gasteiger partial charge in [-0.1, -0.05) is 0 Å². The van der Waals surface area contributed by atoms with Crippen LogP contribution in [0, 0.1) is 3.57 Å². The van der Waals surface area contributed by atoms with Crippen LogP contribution >= 0.6 is 22.6 Å². The number of fused-ring (bicyclic) bond motifs is 1. The number of nitrogens with one attached hydrogen (secondary N) is 1. The largest absolute Gasteiger partial charge is 0.479 e. The summed E-state index contributed by atoms with van der Waals surface area (Å²) >= 11 is 2.27. The second kappa shape index (κ2) is 8.26. The first-order valence-electron chi connectivity index (χ1n) is 8.19. The zero-order valence-electron chi connectivity index (χ0n) is 13.7. The zero-order valence-corrected chi connectivity index (χ0v) is 15.8. The minimum absolute atomic E-state index is 0.192. The summed E-state index contributed by atoms with van der Waals surface area (Å²) in [6.07, 6.45) is 4.40. The Morgan fingerprint density at radius 2 is 2.00 bits per heavy atom. The fraction of sp³-hybridized carbons (Fsp3) is 0.529. The Morgan fingerprint density at radius 1 is 1.21 bits per heavy atom. The van der Waals surface area contributed by atoms with Crippen LogP contribution in [0.1, 0.15) is 25.7 Å². The Bertz CT molecular complexity index is 690. The molecule has 0 atom stereocenters. The van der Waals surface area contributed by atoms with Crippen molar-refractivity contribution in [3.05, 3.63) is 21.8 Å². The Labute approximate surface area is 155 Å². The van der Waals surface area contributed by atoms with E-state index in [0.717, 1.165) is 40.2 Å². The van der Waals surface area contributed by atoms with Crippen molar-refractivity contribution in [3.8, 4) is 6.01 Å². The first kappa shape index (κ1) is 17.6. The quantitative estimate of drug-likeness (QED) is 0.527. The lowest BCUT2D eigenvalue weighted by Gasteiger charge is -2.29. The minimum atomic E-state index is -0.192. The van der Waals surface area contributed by atoms with E-state index in [1.165, 1.54) is 0 Å². The number of nitrogens with zero attached hydrogens (tertiary/aromatic N) is 2. The van der Waals surface area contributed by atoms with E-state index in [-0.39, 0.29) is 6.01 Å². The van der Waals surface area contributed by atoms with Gasteiger partial charge < -0.3 is 19.9 Å². The average Bonchev–Trinajstić information content (AvgIpc) is 2.57. The first-order valence-corrected chi connectivity index (χ1v) is 9.27. The second-order valence-corrected chi connectivity index (χ2v) is 7.26. The van der Waals surface area contributed by atoms with Gasteiger partial charge in [0.2, 0.25) is 0 Å². The molecule has 24 heavy (non-hydrogen) atoms. The molecule has 1 heterocycles. The van der Waals surface area contributed by atoms with Crippen LogP contribution in [0.25, 0.3) is 10.9 Å². The zero-order chi connectivity index (χ0) is 16.9. The molecular weight excluding hydrogens is 421 g/mol. The van der Waals surface area contributed by atoms with Crippen LogP contribution in [0.15, 0.2) is 18.2 Å². The Hall–Kier alpha value is -1.19. The van der Waals surface area contributed by atoms with Crippen molar-refractivity contribution in [1.29, 1.82) is 0 Å². The van der Waals surface area contributed by atoms with Crippen molar-refractivity contribution in [2.75, 3.05) is 25.6 Å². The molecule has 0 unspecified atom stereocenters. The van der Waals surface area contributed by atoms with Crippen LogP contribution < -0.4 is 5.32 Å². The van der Waals surface area contributed by atoms with Gasteiger partial charge in [0, 0.05) is 22.1 Å². The van der Waals surface area contributed by atoms with E-state index in [4.69, 9.17) is 9.47 Å². The fourth-order valence-corrected chi connectivity index (χ4v) is 3.55. The summed E-state index contributed by atoms with van der Waals surface area (Å²) in [7, 11) is 1.69. The smallest absolute Gasteiger partial charge is 0.316 e. The molecule has 6 nitrogen and oxygen atoms in total. The monoisotopic (exact) mass is 443 g/mol. The van der Waals surface area contributed by atoms with Gasteiger partial charge in [0.05, 0.1) is 24.8 Å². The van der Waals surface area contributed by atoms with E-state index >= 15 is 0 Å². The molecule has 0 amide bonds. The Kier molecular flexibility index (Phi) is 6.07. The Balaban J connectivity index is 1.65. The van der Waals surface area contributed by atoms with Gasteiger partial charge >= 0.3 is 6.01 Å². The van der Waals surface area contributed by atoms with Gasteiger partial charge in [-0.2, -0.15) is 9.97 Å². The van der Waals surface area contributed by atoms with E-state index in [1.54, 1.807) is 7.11 Å². The molecule has 2 N–H and O–H groups in total. The third-order valence-electron chi connectivity index (χ3n) is 4.30. The fourth-order valence-electron chi connectivity index (χ4n) is 3.06. The van der Waals surface area contributed by atoms with Crippen molar-refractivity contribution in [2.24, 2.45) is 0 Å². The summed E-state index contributed by atoms with van der Waals surface area (Å²) in [5.41, 5.74) is 0.752. The van der Waals surface area contributed by atoms with Crippen molar-refractivity contribution >= 4 is 39.3 Å². The number of rotatable bonds is 6. The SMILES string of the molecule is COCCO[C@H]1CC[C@@H](Nc2nc(O)nc3ccc(I)cc23)CC1. The molecule has 0 radical (unpaired) electrons. The highest BCUT2D eigenvalue weighted by Crippen LogP contribution is 2.28. The van der Waals surface area contributed by atoms with Crippen molar-refractivity contribution in [3.63, 3.8) is 0 Å². The van der Waals surface area contributed by atoms with E-state index in [0.29, 0.717) is 31.2 Å². The van der Waals surface area contributed by atoms with E-state index in [1.807, 2.05) is 18.2 Å². The number of aromatic nitrogens is 2. The lowest BCUT2D eigenvalue weighted by atomic mass is 9.93. The maximum absolute atomic E-state index is 9.78. The normalized spacial score (nSPS) is 21.1. The van der Waals surface area contributed by atoms with Gasteiger partial charge in [-0.25, -0.2) is 0 Å². The van der Waals surface area contributed by atoms with Gasteiger partial charge in [0.25, 0.3) is 0 Å². The van der Waals surface area contributed by atoms with Crippen molar-refractivity contribution < 1.29 is 14.6 Å². The molecule has 3 rings (SSSR count). The molecule has 130 valence electrons. The lowest BCUT2D eigenvalue weighted by molar-refractivity contribution is -0.00155. The molecule has 1 saturated carbocycles. The Morgan fingerprint density at radius 3 is 2.75 bits per heavy atom. The summed E-state index contributed by atoms with van der Waals surface area (Å²) in [4.78, 5) is 8.29. The number of methoxy groups -OCH3 is 1. The molecule has 1 fully saturated rings. The predicted octanol–water partition coefficient (Wildman–Crippen LogP) is 3.33. The highest BCUT2D eigenvalue weighted by molar-refractivity contribution is 14.1. The average molecular weight is 443 g/mol. The number of aromatic hydroxyl groups is 1. The number of benzene rings is 1. The van der Waals surface area contributed by atoms with Crippen LogP contribution in [0.3, 0.4) is 0 Å². The van der Waals surface area contributed by atoms with Crippen LogP contribution in [-0.4, -0.2) is 47.5 Å². The maximum Gasteiger partial charge on any atom is 0.316 e. The summed E-state index contributed by atoms with van der Waals surface area (Å²) in [5, 5.41) is 14.2. The second-order valence-electron chi connectivity index (χ2n) is 6.02. The summed E-state index contributed by atoms with van der Waals surface area (Å²) in [5.74, 6) is 0.708. The van der Waals surface area contributed by atoms with E-state index in [2.05, 4.69) is 37.9 Å². The van der Waals surface area contributed by atoms with Crippen LogP contribution in [0.2, 0.25) is 0 Å². The molecule has 0 spiro atoms. The number of hydrogen-bond donors (Lipinski definition) is 2. The molecule has 2 aromatic rings. The standard InChI is InChI=1S/C17H22IN3O3/c1-23-8-9-24-13-5-3-12(4-6-13)19-16-14-10-11(18)2-7-15(14)20-17(22)21-16/h2,7,10,12-13H,3-6,8-9H2,1H3,(H2,19,20,21,22)/t12-,13+. The number of anilines is 1. The van der Waals surface area contributed by atoms with Crippen LogP contribution in [-0.2, 0) is 9.47 Å².